The van der Waals surface area contributed by atoms with Crippen LogP contribution < -0.4 is 0 Å². The zero-order valence-corrected chi connectivity index (χ0v) is 7.27. The normalized spacial score (nSPS) is 33.2. The molecule has 1 aliphatic rings. The van der Waals surface area contributed by atoms with E-state index in [2.05, 4.69) is 0 Å². The molecule has 0 aromatic heterocycles. The SMILES string of the molecule is CC1COCC(CC(O)CO)O1. The van der Waals surface area contributed by atoms with Gasteiger partial charge in [-0.1, -0.05) is 0 Å². The number of rotatable bonds is 3. The first-order chi connectivity index (χ1) is 5.72. The third kappa shape index (κ3) is 3.06. The van der Waals surface area contributed by atoms with Crippen molar-refractivity contribution in [3.8, 4) is 0 Å². The van der Waals surface area contributed by atoms with E-state index in [9.17, 15) is 0 Å². The predicted octanol–water partition coefficient (Wildman–Crippen LogP) is -0.466. The number of hydrogen-bond acceptors (Lipinski definition) is 4. The van der Waals surface area contributed by atoms with Crippen LogP contribution in [0.4, 0.5) is 0 Å². The molecule has 0 aliphatic carbocycles. The van der Waals surface area contributed by atoms with Crippen LogP contribution in [0.1, 0.15) is 13.3 Å². The van der Waals surface area contributed by atoms with Gasteiger partial charge in [0.1, 0.15) is 0 Å². The lowest BCUT2D eigenvalue weighted by Gasteiger charge is -2.28. The molecule has 1 fully saturated rings. The Bertz CT molecular complexity index is 128. The Morgan fingerprint density at radius 3 is 2.83 bits per heavy atom. The van der Waals surface area contributed by atoms with Crippen LogP contribution in [0.5, 0.6) is 0 Å². The molecular weight excluding hydrogens is 160 g/mol. The highest BCUT2D eigenvalue weighted by Gasteiger charge is 2.21. The van der Waals surface area contributed by atoms with E-state index < -0.39 is 6.10 Å². The van der Waals surface area contributed by atoms with E-state index in [1.165, 1.54) is 0 Å². The minimum absolute atomic E-state index is 0.0732. The Morgan fingerprint density at radius 1 is 1.50 bits per heavy atom. The fourth-order valence-corrected chi connectivity index (χ4v) is 1.27. The van der Waals surface area contributed by atoms with Crippen LogP contribution >= 0.6 is 0 Å². The Labute approximate surface area is 72.1 Å². The fraction of sp³-hybridized carbons (Fsp3) is 1.00. The van der Waals surface area contributed by atoms with Gasteiger partial charge in [-0.25, -0.2) is 0 Å². The Morgan fingerprint density at radius 2 is 2.25 bits per heavy atom. The van der Waals surface area contributed by atoms with Crippen molar-refractivity contribution in [1.82, 2.24) is 0 Å². The molecule has 4 heteroatoms. The highest BCUT2D eigenvalue weighted by molar-refractivity contribution is 4.69. The highest BCUT2D eigenvalue weighted by atomic mass is 16.6. The Kier molecular flexibility index (Phi) is 3.94. The third-order valence-electron chi connectivity index (χ3n) is 1.83. The molecule has 4 nitrogen and oxygen atoms in total. The topological polar surface area (TPSA) is 58.9 Å². The van der Waals surface area contributed by atoms with E-state index in [0.717, 1.165) is 0 Å². The molecule has 1 rings (SSSR count). The van der Waals surface area contributed by atoms with Gasteiger partial charge in [0.2, 0.25) is 0 Å². The lowest BCUT2D eigenvalue weighted by atomic mass is 10.1. The van der Waals surface area contributed by atoms with Crippen molar-refractivity contribution in [3.63, 3.8) is 0 Å². The summed E-state index contributed by atoms with van der Waals surface area (Å²) in [5.74, 6) is 0. The van der Waals surface area contributed by atoms with Crippen molar-refractivity contribution in [2.45, 2.75) is 31.7 Å². The van der Waals surface area contributed by atoms with E-state index in [0.29, 0.717) is 19.6 Å². The highest BCUT2D eigenvalue weighted by Crippen LogP contribution is 2.12. The molecule has 0 aromatic carbocycles. The second-order valence-electron chi connectivity index (χ2n) is 3.18. The first-order valence-electron chi connectivity index (χ1n) is 4.24. The largest absolute Gasteiger partial charge is 0.394 e. The zero-order chi connectivity index (χ0) is 8.97. The maximum Gasteiger partial charge on any atom is 0.0838 e. The summed E-state index contributed by atoms with van der Waals surface area (Å²) >= 11 is 0. The summed E-state index contributed by atoms with van der Waals surface area (Å²) in [6.45, 7) is 2.85. The van der Waals surface area contributed by atoms with Crippen LogP contribution in [-0.2, 0) is 9.47 Å². The average molecular weight is 176 g/mol. The minimum Gasteiger partial charge on any atom is -0.394 e. The molecule has 12 heavy (non-hydrogen) atoms. The molecule has 3 unspecified atom stereocenters. The molecule has 0 radical (unpaired) electrons. The van der Waals surface area contributed by atoms with Crippen molar-refractivity contribution >= 4 is 0 Å². The molecule has 0 bridgehead atoms. The summed E-state index contributed by atoms with van der Waals surface area (Å²) in [5, 5.41) is 17.7. The maximum atomic E-state index is 9.11. The summed E-state index contributed by atoms with van der Waals surface area (Å²) < 4.78 is 10.7. The van der Waals surface area contributed by atoms with Crippen molar-refractivity contribution in [2.75, 3.05) is 19.8 Å². The lowest BCUT2D eigenvalue weighted by molar-refractivity contribution is -0.142. The van der Waals surface area contributed by atoms with E-state index in [4.69, 9.17) is 19.7 Å². The number of hydrogen-bond donors (Lipinski definition) is 2. The molecule has 2 N–H and O–H groups in total. The number of aliphatic hydroxyl groups excluding tert-OH is 2. The molecule has 72 valence electrons. The van der Waals surface area contributed by atoms with Crippen molar-refractivity contribution in [2.24, 2.45) is 0 Å². The van der Waals surface area contributed by atoms with E-state index in [1.807, 2.05) is 6.92 Å². The fourth-order valence-electron chi connectivity index (χ4n) is 1.27. The molecule has 1 saturated heterocycles. The predicted molar refractivity (Wildman–Crippen MR) is 42.9 cm³/mol. The molecule has 0 spiro atoms. The second kappa shape index (κ2) is 4.77. The smallest absolute Gasteiger partial charge is 0.0838 e. The second-order valence-corrected chi connectivity index (χ2v) is 3.18. The van der Waals surface area contributed by atoms with Crippen LogP contribution in [0.3, 0.4) is 0 Å². The Balaban J connectivity index is 2.22. The van der Waals surface area contributed by atoms with Gasteiger partial charge in [-0.2, -0.15) is 0 Å². The van der Waals surface area contributed by atoms with Crippen LogP contribution in [0.2, 0.25) is 0 Å². The molecular formula is C8H16O4. The summed E-state index contributed by atoms with van der Waals surface area (Å²) in [5.41, 5.74) is 0. The summed E-state index contributed by atoms with van der Waals surface area (Å²) in [6, 6.07) is 0. The maximum absolute atomic E-state index is 9.11. The standard InChI is InChI=1S/C8H16O4/c1-6-4-11-5-8(12-6)2-7(10)3-9/h6-10H,2-5H2,1H3. The van der Waals surface area contributed by atoms with Gasteiger partial charge >= 0.3 is 0 Å². The molecule has 1 aliphatic heterocycles. The van der Waals surface area contributed by atoms with Gasteiger partial charge in [-0.05, 0) is 6.92 Å². The summed E-state index contributed by atoms with van der Waals surface area (Å²) in [7, 11) is 0. The van der Waals surface area contributed by atoms with Gasteiger partial charge in [0, 0.05) is 6.42 Å². The molecule has 0 aromatic rings. The van der Waals surface area contributed by atoms with Gasteiger partial charge in [0.15, 0.2) is 0 Å². The molecule has 1 heterocycles. The van der Waals surface area contributed by atoms with Gasteiger partial charge in [-0.3, -0.25) is 0 Å². The average Bonchev–Trinajstić information content (AvgIpc) is 2.04. The molecule has 0 saturated carbocycles. The lowest BCUT2D eigenvalue weighted by Crippen LogP contribution is -2.37. The van der Waals surface area contributed by atoms with Crippen LogP contribution in [-0.4, -0.2) is 48.3 Å². The third-order valence-corrected chi connectivity index (χ3v) is 1.83. The van der Waals surface area contributed by atoms with Crippen LogP contribution in [0.25, 0.3) is 0 Å². The van der Waals surface area contributed by atoms with Gasteiger partial charge < -0.3 is 19.7 Å². The molecule has 3 atom stereocenters. The quantitative estimate of drug-likeness (QED) is 0.610. The van der Waals surface area contributed by atoms with Gasteiger partial charge in [-0.15, -0.1) is 0 Å². The first kappa shape index (κ1) is 9.92. The van der Waals surface area contributed by atoms with E-state index >= 15 is 0 Å². The van der Waals surface area contributed by atoms with Crippen molar-refractivity contribution in [1.29, 1.82) is 0 Å². The monoisotopic (exact) mass is 176 g/mol. The zero-order valence-electron chi connectivity index (χ0n) is 7.27. The van der Waals surface area contributed by atoms with Gasteiger partial charge in [0.05, 0.1) is 38.1 Å². The van der Waals surface area contributed by atoms with E-state index in [1.54, 1.807) is 0 Å². The number of aliphatic hydroxyl groups is 2. The molecule has 0 amide bonds. The van der Waals surface area contributed by atoms with Gasteiger partial charge in [0.25, 0.3) is 0 Å². The first-order valence-corrected chi connectivity index (χ1v) is 4.24. The minimum atomic E-state index is -0.691. The van der Waals surface area contributed by atoms with E-state index in [-0.39, 0.29) is 18.8 Å². The Hall–Kier alpha value is -0.160. The van der Waals surface area contributed by atoms with Crippen LogP contribution in [0, 0.1) is 0 Å². The summed E-state index contributed by atoms with van der Waals surface area (Å²) in [6.07, 6.45) is -0.227. The van der Waals surface area contributed by atoms with Crippen molar-refractivity contribution < 1.29 is 19.7 Å². The summed E-state index contributed by atoms with van der Waals surface area (Å²) in [4.78, 5) is 0. The number of ether oxygens (including phenoxy) is 2. The van der Waals surface area contributed by atoms with Crippen LogP contribution in [0.15, 0.2) is 0 Å². The van der Waals surface area contributed by atoms with Crippen molar-refractivity contribution in [3.05, 3.63) is 0 Å².